The van der Waals surface area contributed by atoms with Crippen LogP contribution in [0, 0.1) is 5.92 Å². The Morgan fingerprint density at radius 1 is 1.38 bits per heavy atom. The van der Waals surface area contributed by atoms with E-state index in [1.54, 1.807) is 6.26 Å². The third-order valence-electron chi connectivity index (χ3n) is 4.04. The molecule has 1 atom stereocenters. The molecule has 1 heterocycles. The van der Waals surface area contributed by atoms with Gasteiger partial charge in [-0.3, -0.25) is 9.59 Å². The Hall–Kier alpha value is -1.78. The fraction of sp³-hybridized carbons (Fsp3) is 0.625. The van der Waals surface area contributed by atoms with E-state index in [0.717, 1.165) is 31.4 Å². The number of amides is 1. The molecule has 1 aromatic rings. The summed E-state index contributed by atoms with van der Waals surface area (Å²) in [6.45, 7) is 2.29. The number of aliphatic carboxylic acids is 1. The van der Waals surface area contributed by atoms with Crippen LogP contribution in [-0.4, -0.2) is 27.9 Å². The number of carbonyl (C=O) groups excluding carboxylic acids is 1. The molecule has 1 aromatic heterocycles. The van der Waals surface area contributed by atoms with Crippen molar-refractivity contribution in [3.8, 4) is 0 Å². The summed E-state index contributed by atoms with van der Waals surface area (Å²) in [5.74, 6) is -0.183. The minimum atomic E-state index is -0.853. The molecule has 1 fully saturated rings. The average molecular weight is 293 g/mol. The highest BCUT2D eigenvalue weighted by Crippen LogP contribution is 2.26. The monoisotopic (exact) mass is 293 g/mol. The van der Waals surface area contributed by atoms with E-state index < -0.39 is 5.97 Å². The first kappa shape index (κ1) is 15.6. The van der Waals surface area contributed by atoms with Crippen molar-refractivity contribution in [2.75, 3.05) is 0 Å². The predicted molar refractivity (Wildman–Crippen MR) is 77.5 cm³/mol. The lowest BCUT2D eigenvalue weighted by Crippen LogP contribution is -2.39. The van der Waals surface area contributed by atoms with Crippen molar-refractivity contribution >= 4 is 11.9 Å². The lowest BCUT2D eigenvalue weighted by molar-refractivity contribution is -0.139. The van der Waals surface area contributed by atoms with Gasteiger partial charge in [0.25, 0.3) is 0 Å². The maximum atomic E-state index is 12.5. The van der Waals surface area contributed by atoms with Crippen molar-refractivity contribution in [2.24, 2.45) is 5.92 Å². The van der Waals surface area contributed by atoms with Crippen LogP contribution in [-0.2, 0) is 16.1 Å². The lowest BCUT2D eigenvalue weighted by atomic mass is 10.0. The Morgan fingerprint density at radius 2 is 2.10 bits per heavy atom. The van der Waals surface area contributed by atoms with Gasteiger partial charge in [0.15, 0.2) is 0 Å². The van der Waals surface area contributed by atoms with Crippen molar-refractivity contribution in [3.63, 3.8) is 0 Å². The van der Waals surface area contributed by atoms with E-state index in [4.69, 9.17) is 9.52 Å². The number of hydrogen-bond donors (Lipinski definition) is 1. The van der Waals surface area contributed by atoms with Crippen LogP contribution in [0.5, 0.6) is 0 Å². The summed E-state index contributed by atoms with van der Waals surface area (Å²) in [7, 11) is 0. The molecular formula is C16H23NO4. The van der Waals surface area contributed by atoms with Gasteiger partial charge in [-0.25, -0.2) is 0 Å². The molecule has 1 unspecified atom stereocenters. The first-order chi connectivity index (χ1) is 10.1. The number of carboxylic acid groups (broad SMARTS) is 1. The Kier molecular flexibility index (Phi) is 5.42. The molecule has 0 spiro atoms. The average Bonchev–Trinajstić information content (AvgIpc) is 3.08. The third kappa shape index (κ3) is 4.62. The van der Waals surface area contributed by atoms with Gasteiger partial charge in [0.05, 0.1) is 12.8 Å². The minimum absolute atomic E-state index is 0.0327. The molecule has 1 aliphatic rings. The standard InChI is InChI=1S/C16H23NO4/c1-12(10-16(19)20)9-15(18)17(13-5-2-3-6-13)11-14-7-4-8-21-14/h4,7-8,12-13H,2-3,5-6,9-11H2,1H3,(H,19,20). The van der Waals surface area contributed by atoms with E-state index in [0.29, 0.717) is 6.54 Å². The van der Waals surface area contributed by atoms with Gasteiger partial charge >= 0.3 is 5.97 Å². The highest BCUT2D eigenvalue weighted by molar-refractivity contribution is 5.77. The van der Waals surface area contributed by atoms with Crippen LogP contribution < -0.4 is 0 Å². The van der Waals surface area contributed by atoms with E-state index in [1.165, 1.54) is 0 Å². The van der Waals surface area contributed by atoms with Crippen molar-refractivity contribution in [3.05, 3.63) is 24.2 Å². The second-order valence-electron chi connectivity index (χ2n) is 5.95. The van der Waals surface area contributed by atoms with Crippen LogP contribution in [0.1, 0.15) is 51.2 Å². The molecule has 1 saturated carbocycles. The number of carboxylic acids is 1. The van der Waals surface area contributed by atoms with Crippen LogP contribution in [0.25, 0.3) is 0 Å². The molecule has 1 N–H and O–H groups in total. The number of furan rings is 1. The van der Waals surface area contributed by atoms with E-state index in [2.05, 4.69) is 0 Å². The second kappa shape index (κ2) is 7.29. The molecule has 0 saturated heterocycles. The zero-order chi connectivity index (χ0) is 15.2. The largest absolute Gasteiger partial charge is 0.481 e. The minimum Gasteiger partial charge on any atom is -0.481 e. The zero-order valence-electron chi connectivity index (χ0n) is 12.5. The van der Waals surface area contributed by atoms with Crippen molar-refractivity contribution < 1.29 is 19.1 Å². The number of hydrogen-bond acceptors (Lipinski definition) is 3. The molecule has 116 valence electrons. The topological polar surface area (TPSA) is 70.8 Å². The van der Waals surface area contributed by atoms with Gasteiger partial charge < -0.3 is 14.4 Å². The van der Waals surface area contributed by atoms with E-state index in [-0.39, 0.29) is 30.7 Å². The first-order valence-electron chi connectivity index (χ1n) is 7.60. The Morgan fingerprint density at radius 3 is 2.67 bits per heavy atom. The van der Waals surface area contributed by atoms with Gasteiger partial charge in [-0.2, -0.15) is 0 Å². The summed E-state index contributed by atoms with van der Waals surface area (Å²) in [5, 5.41) is 8.81. The molecule has 5 nitrogen and oxygen atoms in total. The van der Waals surface area contributed by atoms with Gasteiger partial charge in [0.2, 0.25) is 5.91 Å². The van der Waals surface area contributed by atoms with Gasteiger partial charge in [-0.15, -0.1) is 0 Å². The molecule has 21 heavy (non-hydrogen) atoms. The summed E-state index contributed by atoms with van der Waals surface area (Å²) in [6, 6.07) is 3.95. The lowest BCUT2D eigenvalue weighted by Gasteiger charge is -2.29. The molecule has 0 bridgehead atoms. The summed E-state index contributed by atoms with van der Waals surface area (Å²) in [4.78, 5) is 25.2. The molecule has 1 amide bonds. The van der Waals surface area contributed by atoms with Crippen LogP contribution in [0.4, 0.5) is 0 Å². The molecule has 0 aromatic carbocycles. The van der Waals surface area contributed by atoms with Gasteiger partial charge in [-0.1, -0.05) is 19.8 Å². The summed E-state index contributed by atoms with van der Waals surface area (Å²) in [5.41, 5.74) is 0. The van der Waals surface area contributed by atoms with Crippen LogP contribution in [0.3, 0.4) is 0 Å². The summed E-state index contributed by atoms with van der Waals surface area (Å²) in [6.07, 6.45) is 6.28. The summed E-state index contributed by atoms with van der Waals surface area (Å²) >= 11 is 0. The normalized spacial score (nSPS) is 16.8. The third-order valence-corrected chi connectivity index (χ3v) is 4.04. The Labute approximate surface area is 124 Å². The highest BCUT2D eigenvalue weighted by atomic mass is 16.4. The quantitative estimate of drug-likeness (QED) is 0.838. The van der Waals surface area contributed by atoms with Gasteiger partial charge in [-0.05, 0) is 30.9 Å². The SMILES string of the molecule is CC(CC(=O)O)CC(=O)N(Cc1ccco1)C1CCCC1. The molecule has 2 rings (SSSR count). The maximum Gasteiger partial charge on any atom is 0.303 e. The van der Waals surface area contributed by atoms with Crippen molar-refractivity contribution in [2.45, 2.75) is 58.0 Å². The highest BCUT2D eigenvalue weighted by Gasteiger charge is 2.28. The predicted octanol–water partition coefficient (Wildman–Crippen LogP) is 3.05. The second-order valence-corrected chi connectivity index (χ2v) is 5.95. The van der Waals surface area contributed by atoms with E-state index >= 15 is 0 Å². The Bertz CT molecular complexity index is 463. The zero-order valence-corrected chi connectivity index (χ0v) is 12.5. The Balaban J connectivity index is 1.99. The fourth-order valence-corrected chi connectivity index (χ4v) is 2.99. The first-order valence-corrected chi connectivity index (χ1v) is 7.60. The van der Waals surface area contributed by atoms with Crippen molar-refractivity contribution in [1.82, 2.24) is 4.90 Å². The molecular weight excluding hydrogens is 270 g/mol. The molecule has 5 heteroatoms. The van der Waals surface area contributed by atoms with Crippen LogP contribution >= 0.6 is 0 Å². The number of nitrogens with zero attached hydrogens (tertiary/aromatic N) is 1. The smallest absolute Gasteiger partial charge is 0.303 e. The van der Waals surface area contributed by atoms with Crippen LogP contribution in [0.15, 0.2) is 22.8 Å². The van der Waals surface area contributed by atoms with E-state index in [1.807, 2.05) is 24.0 Å². The summed E-state index contributed by atoms with van der Waals surface area (Å²) < 4.78 is 5.36. The van der Waals surface area contributed by atoms with Gasteiger partial charge in [0, 0.05) is 18.9 Å². The fourth-order valence-electron chi connectivity index (χ4n) is 2.99. The molecule has 0 aliphatic heterocycles. The van der Waals surface area contributed by atoms with Gasteiger partial charge in [0.1, 0.15) is 5.76 Å². The maximum absolute atomic E-state index is 12.5. The molecule has 0 radical (unpaired) electrons. The number of carbonyl (C=O) groups is 2. The van der Waals surface area contributed by atoms with Crippen molar-refractivity contribution in [1.29, 1.82) is 0 Å². The number of rotatable bonds is 7. The molecule has 1 aliphatic carbocycles. The van der Waals surface area contributed by atoms with E-state index in [9.17, 15) is 9.59 Å². The van der Waals surface area contributed by atoms with Crippen LogP contribution in [0.2, 0.25) is 0 Å².